The van der Waals surface area contributed by atoms with Crippen LogP contribution in [0.3, 0.4) is 0 Å². The van der Waals surface area contributed by atoms with Gasteiger partial charge in [-0.2, -0.15) is 8.42 Å². The standard InChI is InChI=1S/C25H43N5O7SSi2/c1-23(2,3)39(8,9)34-12-17-25(16(26)13-38(32,33)37-25)19(36-40(10,11)24(4,5)6)22(35-17)30-15-28-20-18(30)21(31)29(7)14-27-20/h13-15,17,19,22H,12,26H2,1-11H3/t17?,19-,22+,25?/m0/s1. The lowest BCUT2D eigenvalue weighted by Gasteiger charge is -2.43. The second-order valence-electron chi connectivity index (χ2n) is 13.8. The van der Waals surface area contributed by atoms with E-state index < -0.39 is 50.8 Å². The summed E-state index contributed by atoms with van der Waals surface area (Å²) in [6, 6.07) is 0. The summed E-state index contributed by atoms with van der Waals surface area (Å²) >= 11 is 0. The van der Waals surface area contributed by atoms with Crippen LogP contribution in [0.15, 0.2) is 28.6 Å². The highest BCUT2D eigenvalue weighted by Gasteiger charge is 2.67. The van der Waals surface area contributed by atoms with Crippen LogP contribution in [0.5, 0.6) is 0 Å². The number of aromatic nitrogens is 4. The molecule has 0 saturated carbocycles. The van der Waals surface area contributed by atoms with E-state index in [1.165, 1.54) is 17.2 Å². The third kappa shape index (κ3) is 5.03. The van der Waals surface area contributed by atoms with Gasteiger partial charge < -0.3 is 23.9 Å². The predicted molar refractivity (Wildman–Crippen MR) is 157 cm³/mol. The van der Waals surface area contributed by atoms with Gasteiger partial charge in [0, 0.05) is 7.05 Å². The molecule has 1 spiro atoms. The number of hydrogen-bond donors (Lipinski definition) is 1. The molecule has 4 rings (SSSR count). The molecule has 0 bridgehead atoms. The van der Waals surface area contributed by atoms with Gasteiger partial charge >= 0.3 is 0 Å². The van der Waals surface area contributed by atoms with Crippen LogP contribution in [0.25, 0.3) is 11.2 Å². The minimum absolute atomic E-state index is 0.0112. The van der Waals surface area contributed by atoms with Crippen LogP contribution in [0.4, 0.5) is 0 Å². The molecule has 2 unspecified atom stereocenters. The molecule has 0 amide bonds. The van der Waals surface area contributed by atoms with Gasteiger partial charge in [-0.05, 0) is 36.3 Å². The summed E-state index contributed by atoms with van der Waals surface area (Å²) in [5.74, 6) is 0. The number of rotatable bonds is 6. The minimum atomic E-state index is -4.15. The van der Waals surface area contributed by atoms with Crippen molar-refractivity contribution in [3.63, 3.8) is 0 Å². The van der Waals surface area contributed by atoms with E-state index in [9.17, 15) is 13.2 Å². The zero-order chi connectivity index (χ0) is 30.3. The van der Waals surface area contributed by atoms with E-state index in [2.05, 4.69) is 64.6 Å². The number of fused-ring (bicyclic) bond motifs is 1. The van der Waals surface area contributed by atoms with Gasteiger partial charge in [-0.15, -0.1) is 0 Å². The van der Waals surface area contributed by atoms with Gasteiger partial charge in [-0.25, -0.2) is 14.2 Å². The van der Waals surface area contributed by atoms with Crippen LogP contribution in [0, 0.1) is 0 Å². The lowest BCUT2D eigenvalue weighted by molar-refractivity contribution is -0.0534. The van der Waals surface area contributed by atoms with Crippen LogP contribution in [-0.4, -0.2) is 68.6 Å². The van der Waals surface area contributed by atoms with E-state index in [0.717, 1.165) is 5.41 Å². The molecular weight excluding hydrogens is 571 g/mol. The number of aryl methyl sites for hydroxylation is 1. The highest BCUT2D eigenvalue weighted by molar-refractivity contribution is 7.90. The lowest BCUT2D eigenvalue weighted by Crippen LogP contribution is -2.59. The Kier molecular flexibility index (Phi) is 7.43. The second kappa shape index (κ2) is 9.57. The number of nitrogens with two attached hydrogens (primary N) is 1. The molecule has 12 nitrogen and oxygen atoms in total. The van der Waals surface area contributed by atoms with Crippen LogP contribution in [-0.2, 0) is 34.9 Å². The van der Waals surface area contributed by atoms with Crippen molar-refractivity contribution in [2.24, 2.45) is 12.8 Å². The third-order valence-electron chi connectivity index (χ3n) is 8.99. The summed E-state index contributed by atoms with van der Waals surface area (Å²) in [5.41, 5.74) is 4.88. The third-order valence-corrected chi connectivity index (χ3v) is 19.0. The molecule has 1 saturated heterocycles. The fourth-order valence-corrected chi connectivity index (χ4v) is 7.93. The highest BCUT2D eigenvalue weighted by Crippen LogP contribution is 2.52. The van der Waals surface area contributed by atoms with Crippen molar-refractivity contribution in [3.8, 4) is 0 Å². The van der Waals surface area contributed by atoms with Crippen molar-refractivity contribution in [2.45, 2.75) is 102 Å². The molecule has 15 heteroatoms. The fourth-order valence-electron chi connectivity index (χ4n) is 4.42. The fraction of sp³-hybridized carbons (Fsp3) is 0.720. The van der Waals surface area contributed by atoms with Gasteiger partial charge in [-0.1, -0.05) is 41.5 Å². The number of hydrogen-bond acceptors (Lipinski definition) is 10. The van der Waals surface area contributed by atoms with Gasteiger partial charge in [0.1, 0.15) is 18.5 Å². The monoisotopic (exact) mass is 613 g/mol. The van der Waals surface area contributed by atoms with Crippen molar-refractivity contribution in [2.75, 3.05) is 6.61 Å². The SMILES string of the molecule is Cn1cnc2ncn([C@@H]3OC(CO[Si](C)(C)C(C)(C)C)C4(OS(=O)(=O)C=C4N)[C@H]3O[Si](C)(C)C(C)(C)C)c2c1=O. The van der Waals surface area contributed by atoms with Gasteiger partial charge in [0.2, 0.25) is 0 Å². The number of imidazole rings is 1. The summed E-state index contributed by atoms with van der Waals surface area (Å²) in [4.78, 5) is 21.8. The molecule has 2 aliphatic heterocycles. The average molecular weight is 614 g/mol. The molecule has 0 aromatic carbocycles. The molecule has 2 aromatic rings. The van der Waals surface area contributed by atoms with Gasteiger partial charge in [0.05, 0.1) is 24.0 Å². The molecule has 1 fully saturated rings. The van der Waals surface area contributed by atoms with Gasteiger partial charge in [-0.3, -0.25) is 9.36 Å². The largest absolute Gasteiger partial charge is 0.414 e. The molecule has 4 atom stereocenters. The Labute approximate surface area is 238 Å². The maximum atomic E-state index is 13.2. The molecule has 2 aliphatic rings. The molecular formula is C25H43N5O7SSi2. The zero-order valence-electron chi connectivity index (χ0n) is 25.3. The van der Waals surface area contributed by atoms with Crippen molar-refractivity contribution in [1.29, 1.82) is 0 Å². The quantitative estimate of drug-likeness (QED) is 0.380. The maximum absolute atomic E-state index is 13.2. The number of ether oxygens (including phenoxy) is 1. The Bertz CT molecular complexity index is 1500. The van der Waals surface area contributed by atoms with E-state index in [4.69, 9.17) is 23.5 Å². The van der Waals surface area contributed by atoms with Crippen molar-refractivity contribution in [3.05, 3.63) is 34.1 Å². The molecule has 40 heavy (non-hydrogen) atoms. The van der Waals surface area contributed by atoms with E-state index in [1.807, 2.05) is 13.1 Å². The van der Waals surface area contributed by atoms with Crippen LogP contribution in [0.1, 0.15) is 47.8 Å². The first-order valence-corrected chi connectivity index (χ1v) is 20.6. The average Bonchev–Trinajstić information content (AvgIpc) is 3.40. The summed E-state index contributed by atoms with van der Waals surface area (Å²) in [6.45, 7) is 20.9. The van der Waals surface area contributed by atoms with E-state index in [1.54, 1.807) is 11.6 Å². The molecule has 2 aromatic heterocycles. The molecule has 4 heterocycles. The predicted octanol–water partition coefficient (Wildman–Crippen LogP) is 3.34. The first kappa shape index (κ1) is 31.1. The van der Waals surface area contributed by atoms with E-state index in [-0.39, 0.29) is 39.1 Å². The number of nitrogens with zero attached hydrogens (tertiary/aromatic N) is 4. The first-order chi connectivity index (χ1) is 18.0. The Hall–Kier alpha value is -1.89. The lowest BCUT2D eigenvalue weighted by atomic mass is 9.89. The Morgan fingerprint density at radius 3 is 2.15 bits per heavy atom. The van der Waals surface area contributed by atoms with E-state index >= 15 is 0 Å². The van der Waals surface area contributed by atoms with E-state index in [0.29, 0.717) is 0 Å². The van der Waals surface area contributed by atoms with Crippen LogP contribution in [0.2, 0.25) is 36.3 Å². The van der Waals surface area contributed by atoms with Crippen molar-refractivity contribution < 1.29 is 26.2 Å². The first-order valence-electron chi connectivity index (χ1n) is 13.3. The Balaban J connectivity index is 1.93. The van der Waals surface area contributed by atoms with Gasteiger partial charge in [0.25, 0.3) is 15.7 Å². The van der Waals surface area contributed by atoms with Crippen LogP contribution < -0.4 is 11.3 Å². The topological polar surface area (TPSA) is 150 Å². The molecule has 224 valence electrons. The van der Waals surface area contributed by atoms with Crippen molar-refractivity contribution >= 4 is 37.9 Å². The summed E-state index contributed by atoms with van der Waals surface area (Å²) in [7, 11) is -7.47. The molecule has 0 aliphatic carbocycles. The zero-order valence-corrected chi connectivity index (χ0v) is 28.1. The molecule has 2 N–H and O–H groups in total. The minimum Gasteiger partial charge on any atom is -0.414 e. The van der Waals surface area contributed by atoms with Crippen molar-refractivity contribution in [1.82, 2.24) is 19.1 Å². The van der Waals surface area contributed by atoms with Crippen LogP contribution >= 0.6 is 0 Å². The highest BCUT2D eigenvalue weighted by atomic mass is 32.2. The second-order valence-corrected chi connectivity index (χ2v) is 24.8. The summed E-state index contributed by atoms with van der Waals surface area (Å²) < 4.78 is 54.7. The molecule has 0 radical (unpaired) electrons. The van der Waals surface area contributed by atoms with Gasteiger partial charge in [0.15, 0.2) is 39.6 Å². The smallest absolute Gasteiger partial charge is 0.292 e. The summed E-state index contributed by atoms with van der Waals surface area (Å²) in [5, 5.41) is 0.559. The summed E-state index contributed by atoms with van der Waals surface area (Å²) in [6.07, 6.45) is -0.166. The normalized spacial score (nSPS) is 27.6. The Morgan fingerprint density at radius 1 is 1.05 bits per heavy atom. The Morgan fingerprint density at radius 2 is 1.62 bits per heavy atom. The maximum Gasteiger partial charge on any atom is 0.292 e.